The molecule has 1 rings (SSSR count). The Kier molecular flexibility index (Phi) is 9.84. The number of rotatable bonds is 11. The minimum Gasteiger partial charge on any atom is -0.456 e. The van der Waals surface area contributed by atoms with Gasteiger partial charge in [0.2, 0.25) is 0 Å². The first kappa shape index (κ1) is 21.2. The van der Waals surface area contributed by atoms with E-state index < -0.39 is 5.97 Å². The second-order valence-corrected chi connectivity index (χ2v) is 7.25. The molecule has 0 saturated carbocycles. The topological polar surface area (TPSA) is 84.5 Å². The van der Waals surface area contributed by atoms with Crippen molar-refractivity contribution in [2.75, 3.05) is 13.2 Å². The van der Waals surface area contributed by atoms with Crippen molar-refractivity contribution in [2.45, 2.75) is 52.5 Å². The Hall–Kier alpha value is -1.89. The van der Waals surface area contributed by atoms with Gasteiger partial charge in [-0.2, -0.15) is 11.3 Å². The highest BCUT2D eigenvalue weighted by Crippen LogP contribution is 2.08. The molecule has 0 radical (unpaired) electrons. The zero-order chi connectivity index (χ0) is 18.7. The largest absolute Gasteiger partial charge is 0.456 e. The van der Waals surface area contributed by atoms with Crippen LogP contribution in [0.2, 0.25) is 0 Å². The van der Waals surface area contributed by atoms with E-state index in [2.05, 4.69) is 24.5 Å². The molecule has 1 atom stereocenters. The van der Waals surface area contributed by atoms with E-state index in [1.54, 1.807) is 11.4 Å². The monoisotopic (exact) mass is 368 g/mol. The predicted octanol–water partition coefficient (Wildman–Crippen LogP) is 2.74. The van der Waals surface area contributed by atoms with Gasteiger partial charge in [0.15, 0.2) is 6.61 Å². The summed E-state index contributed by atoms with van der Waals surface area (Å²) in [5, 5.41) is 9.00. The van der Waals surface area contributed by atoms with Crippen LogP contribution in [0.3, 0.4) is 0 Å². The Morgan fingerprint density at radius 3 is 2.60 bits per heavy atom. The molecule has 0 aliphatic rings. The lowest BCUT2D eigenvalue weighted by Gasteiger charge is -2.14. The quantitative estimate of drug-likeness (QED) is 0.588. The van der Waals surface area contributed by atoms with Gasteiger partial charge in [-0.1, -0.05) is 26.7 Å². The highest BCUT2D eigenvalue weighted by Gasteiger charge is 2.11. The summed E-state index contributed by atoms with van der Waals surface area (Å²) in [4.78, 5) is 35.0. The van der Waals surface area contributed by atoms with E-state index in [1.165, 1.54) is 11.3 Å². The number of hydrogen-bond donors (Lipinski definition) is 2. The maximum absolute atomic E-state index is 11.7. The van der Waals surface area contributed by atoms with E-state index in [1.807, 2.05) is 12.3 Å². The second-order valence-electron chi connectivity index (χ2n) is 6.47. The van der Waals surface area contributed by atoms with Gasteiger partial charge in [-0.25, -0.2) is 0 Å². The van der Waals surface area contributed by atoms with E-state index >= 15 is 0 Å². The van der Waals surface area contributed by atoms with Gasteiger partial charge in [0, 0.05) is 23.5 Å². The maximum atomic E-state index is 11.7. The highest BCUT2D eigenvalue weighted by atomic mass is 32.1. The Morgan fingerprint density at radius 2 is 1.96 bits per heavy atom. The molecule has 2 amide bonds. The van der Waals surface area contributed by atoms with Crippen LogP contribution in [0.15, 0.2) is 16.8 Å². The molecule has 1 heterocycles. The number of nitrogens with one attached hydrogen (secondary N) is 2. The Bertz CT molecular complexity index is 543. The van der Waals surface area contributed by atoms with Crippen LogP contribution in [-0.4, -0.2) is 37.0 Å². The second kappa shape index (κ2) is 11.6. The van der Waals surface area contributed by atoms with Gasteiger partial charge in [-0.3, -0.25) is 14.4 Å². The minimum atomic E-state index is -0.506. The van der Waals surface area contributed by atoms with Gasteiger partial charge in [0.25, 0.3) is 11.8 Å². The normalized spacial score (nSPS) is 11.8. The predicted molar refractivity (Wildman–Crippen MR) is 98.5 cm³/mol. The molecular formula is C18H28N2O4S. The van der Waals surface area contributed by atoms with E-state index in [9.17, 15) is 14.4 Å². The first-order valence-corrected chi connectivity index (χ1v) is 9.58. The molecule has 1 unspecified atom stereocenters. The molecule has 140 valence electrons. The number of carbonyl (C=O) groups excluding carboxylic acids is 3. The summed E-state index contributed by atoms with van der Waals surface area (Å²) >= 11 is 1.43. The van der Waals surface area contributed by atoms with Crippen LogP contribution < -0.4 is 10.6 Å². The molecule has 0 aliphatic heterocycles. The third-order valence-electron chi connectivity index (χ3n) is 3.59. The number of ether oxygens (including phenoxy) is 1. The van der Waals surface area contributed by atoms with Gasteiger partial charge in [0.05, 0.1) is 6.42 Å². The van der Waals surface area contributed by atoms with Crippen molar-refractivity contribution in [3.05, 3.63) is 22.4 Å². The van der Waals surface area contributed by atoms with E-state index in [-0.39, 0.29) is 37.4 Å². The molecule has 7 heteroatoms. The molecule has 1 aromatic heterocycles. The highest BCUT2D eigenvalue weighted by molar-refractivity contribution is 7.08. The number of hydrogen-bond acceptors (Lipinski definition) is 5. The molecular weight excluding hydrogens is 340 g/mol. The van der Waals surface area contributed by atoms with E-state index in [0.717, 1.165) is 19.3 Å². The van der Waals surface area contributed by atoms with Crippen molar-refractivity contribution in [1.82, 2.24) is 10.6 Å². The summed E-state index contributed by atoms with van der Waals surface area (Å²) in [6.45, 7) is 6.18. The standard InChI is InChI=1S/C18H28N2O4S/c1-13(2)5-4-6-14(3)20-16(21)11-24-17(22)7-9-19-18(23)15-8-10-25-12-15/h8,10,12-14H,4-7,9,11H2,1-3H3,(H,19,23)(H,20,21). The Morgan fingerprint density at radius 1 is 1.20 bits per heavy atom. The number of esters is 1. The third-order valence-corrected chi connectivity index (χ3v) is 4.27. The average Bonchev–Trinajstić information content (AvgIpc) is 3.07. The molecule has 0 saturated heterocycles. The van der Waals surface area contributed by atoms with Crippen molar-refractivity contribution in [3.63, 3.8) is 0 Å². The van der Waals surface area contributed by atoms with Crippen LogP contribution in [0.4, 0.5) is 0 Å². The maximum Gasteiger partial charge on any atom is 0.308 e. The molecule has 25 heavy (non-hydrogen) atoms. The lowest BCUT2D eigenvalue weighted by atomic mass is 10.0. The minimum absolute atomic E-state index is 0.0348. The van der Waals surface area contributed by atoms with Crippen molar-refractivity contribution in [2.24, 2.45) is 5.92 Å². The van der Waals surface area contributed by atoms with Crippen LogP contribution in [0.5, 0.6) is 0 Å². The molecule has 0 bridgehead atoms. The van der Waals surface area contributed by atoms with Gasteiger partial charge in [-0.05, 0) is 30.7 Å². The van der Waals surface area contributed by atoms with Gasteiger partial charge in [-0.15, -0.1) is 0 Å². The smallest absolute Gasteiger partial charge is 0.308 e. The summed E-state index contributed by atoms with van der Waals surface area (Å²) in [6.07, 6.45) is 3.13. The van der Waals surface area contributed by atoms with Crippen molar-refractivity contribution in [3.8, 4) is 0 Å². The number of carbonyl (C=O) groups is 3. The zero-order valence-corrected chi connectivity index (χ0v) is 16.0. The summed E-state index contributed by atoms with van der Waals surface area (Å²) < 4.78 is 4.92. The third kappa shape index (κ3) is 9.86. The van der Waals surface area contributed by atoms with Crippen molar-refractivity contribution in [1.29, 1.82) is 0 Å². The lowest BCUT2D eigenvalue weighted by molar-refractivity contribution is -0.148. The Labute approximate surface area is 153 Å². The van der Waals surface area contributed by atoms with Crippen LogP contribution in [0.25, 0.3) is 0 Å². The zero-order valence-electron chi connectivity index (χ0n) is 15.2. The molecule has 6 nitrogen and oxygen atoms in total. The van der Waals surface area contributed by atoms with Gasteiger partial charge < -0.3 is 15.4 Å². The van der Waals surface area contributed by atoms with Crippen LogP contribution in [-0.2, 0) is 14.3 Å². The fraction of sp³-hybridized carbons (Fsp3) is 0.611. The summed E-state index contributed by atoms with van der Waals surface area (Å²) in [5.41, 5.74) is 0.573. The summed E-state index contributed by atoms with van der Waals surface area (Å²) in [7, 11) is 0. The summed E-state index contributed by atoms with van der Waals surface area (Å²) in [6, 6.07) is 1.78. The van der Waals surface area contributed by atoms with Crippen molar-refractivity contribution < 1.29 is 19.1 Å². The molecule has 0 fully saturated rings. The first-order valence-electron chi connectivity index (χ1n) is 8.64. The van der Waals surface area contributed by atoms with E-state index in [0.29, 0.717) is 11.5 Å². The average molecular weight is 368 g/mol. The number of thiophene rings is 1. The van der Waals surface area contributed by atoms with Crippen molar-refractivity contribution >= 4 is 29.1 Å². The fourth-order valence-corrected chi connectivity index (χ4v) is 2.85. The van der Waals surface area contributed by atoms with E-state index in [4.69, 9.17) is 4.74 Å². The lowest BCUT2D eigenvalue weighted by Crippen LogP contribution is -2.36. The van der Waals surface area contributed by atoms with Crippen LogP contribution >= 0.6 is 11.3 Å². The van der Waals surface area contributed by atoms with Gasteiger partial charge in [0.1, 0.15) is 0 Å². The van der Waals surface area contributed by atoms with Gasteiger partial charge >= 0.3 is 5.97 Å². The number of amides is 2. The molecule has 0 aliphatic carbocycles. The Balaban J connectivity index is 2.10. The first-order chi connectivity index (χ1) is 11.9. The SMILES string of the molecule is CC(C)CCCC(C)NC(=O)COC(=O)CCNC(=O)c1ccsc1. The molecule has 1 aromatic rings. The molecule has 0 aromatic carbocycles. The molecule has 2 N–H and O–H groups in total. The summed E-state index contributed by atoms with van der Waals surface area (Å²) in [5.74, 6) is -0.368. The fourth-order valence-electron chi connectivity index (χ4n) is 2.21. The molecule has 0 spiro atoms. The van der Waals surface area contributed by atoms with Crippen LogP contribution in [0.1, 0.15) is 56.8 Å². The van der Waals surface area contributed by atoms with Crippen LogP contribution in [0, 0.1) is 5.92 Å².